The van der Waals surface area contributed by atoms with Gasteiger partial charge in [0.1, 0.15) is 0 Å². The van der Waals surface area contributed by atoms with Crippen molar-refractivity contribution >= 4 is 5.78 Å². The van der Waals surface area contributed by atoms with Crippen molar-refractivity contribution in [3.05, 3.63) is 12.2 Å². The maximum Gasteiger partial charge on any atom is 0.159 e. The first-order valence-corrected chi connectivity index (χ1v) is 6.49. The molecule has 0 N–H and O–H groups in total. The summed E-state index contributed by atoms with van der Waals surface area (Å²) < 4.78 is 0. The molecule has 1 spiro atoms. The first kappa shape index (κ1) is 11.9. The van der Waals surface area contributed by atoms with Crippen molar-refractivity contribution in [3.63, 3.8) is 0 Å². The number of Topliss-reactive ketones (excluding diaryl/α,β-unsaturated/α-hetero) is 1. The normalized spacial score (nSPS) is 43.0. The molecule has 90 valence electrons. The van der Waals surface area contributed by atoms with Crippen LogP contribution in [0.5, 0.6) is 0 Å². The second-order valence-corrected chi connectivity index (χ2v) is 7.02. The zero-order chi connectivity index (χ0) is 12.1. The quantitative estimate of drug-likeness (QED) is 0.564. The van der Waals surface area contributed by atoms with Gasteiger partial charge in [-0.1, -0.05) is 34.3 Å². The molecule has 2 aliphatic carbocycles. The van der Waals surface area contributed by atoms with E-state index in [4.69, 9.17) is 0 Å². The zero-order valence-electron chi connectivity index (χ0n) is 11.1. The molecule has 0 amide bonds. The highest BCUT2D eigenvalue weighted by Crippen LogP contribution is 2.59. The van der Waals surface area contributed by atoms with Crippen molar-refractivity contribution in [2.24, 2.45) is 22.7 Å². The Morgan fingerprint density at radius 1 is 1.25 bits per heavy atom. The molecular formula is C15H24O. The Bertz CT molecular complexity index is 339. The monoisotopic (exact) mass is 220 g/mol. The fourth-order valence-electron chi connectivity index (χ4n) is 4.41. The number of allylic oxidation sites excluding steroid dienone is 1. The summed E-state index contributed by atoms with van der Waals surface area (Å²) in [6.07, 6.45) is 4.32. The van der Waals surface area contributed by atoms with E-state index in [0.29, 0.717) is 23.0 Å². The van der Waals surface area contributed by atoms with Crippen molar-refractivity contribution in [2.75, 3.05) is 0 Å². The van der Waals surface area contributed by atoms with E-state index < -0.39 is 0 Å². The summed E-state index contributed by atoms with van der Waals surface area (Å²) in [5.41, 5.74) is 1.41. The first-order valence-electron chi connectivity index (χ1n) is 6.49. The molecule has 3 atom stereocenters. The summed E-state index contributed by atoms with van der Waals surface area (Å²) in [5, 5.41) is 0. The van der Waals surface area contributed by atoms with Gasteiger partial charge in [0.2, 0.25) is 0 Å². The molecule has 16 heavy (non-hydrogen) atoms. The van der Waals surface area contributed by atoms with Crippen LogP contribution < -0.4 is 0 Å². The fraction of sp³-hybridized carbons (Fsp3) is 0.800. The van der Waals surface area contributed by atoms with Gasteiger partial charge in [-0.3, -0.25) is 4.79 Å². The van der Waals surface area contributed by atoms with Crippen molar-refractivity contribution in [1.82, 2.24) is 0 Å². The van der Waals surface area contributed by atoms with Gasteiger partial charge >= 0.3 is 0 Å². The maximum atomic E-state index is 11.9. The standard InChI is InChI=1S/C15H24O/c1-10-7-14(4,5)9-15(8-10)11(2)6-13(16)12(15)3/h10-11H,3,6-9H2,1-2,4-5H3/t10?,11?,15-/m0/s1. The van der Waals surface area contributed by atoms with Crippen molar-refractivity contribution in [3.8, 4) is 0 Å². The number of hydrogen-bond acceptors (Lipinski definition) is 1. The molecule has 0 aliphatic heterocycles. The molecule has 0 aromatic carbocycles. The maximum absolute atomic E-state index is 11.9. The van der Waals surface area contributed by atoms with Crippen LogP contribution in [0.1, 0.15) is 53.4 Å². The fourth-order valence-corrected chi connectivity index (χ4v) is 4.41. The van der Waals surface area contributed by atoms with Crippen molar-refractivity contribution < 1.29 is 4.79 Å². The minimum absolute atomic E-state index is 0.123. The lowest BCUT2D eigenvalue weighted by molar-refractivity contribution is -0.114. The number of carbonyl (C=O) groups excluding carboxylic acids is 1. The summed E-state index contributed by atoms with van der Waals surface area (Å²) in [4.78, 5) is 11.9. The van der Waals surface area contributed by atoms with Gasteiger partial charge in [0.15, 0.2) is 5.78 Å². The van der Waals surface area contributed by atoms with Gasteiger partial charge in [0.05, 0.1) is 0 Å². The van der Waals surface area contributed by atoms with Crippen LogP contribution in [0, 0.1) is 22.7 Å². The van der Waals surface area contributed by atoms with Gasteiger partial charge in [0, 0.05) is 11.8 Å². The van der Waals surface area contributed by atoms with Gasteiger partial charge in [-0.15, -0.1) is 0 Å². The molecule has 0 aromatic rings. The van der Waals surface area contributed by atoms with Crippen LogP contribution in [0.4, 0.5) is 0 Å². The van der Waals surface area contributed by atoms with Crippen LogP contribution in [-0.2, 0) is 4.79 Å². The lowest BCUT2D eigenvalue weighted by atomic mass is 9.56. The number of rotatable bonds is 0. The van der Waals surface area contributed by atoms with Gasteiger partial charge < -0.3 is 0 Å². The minimum atomic E-state index is 0.123. The predicted molar refractivity (Wildman–Crippen MR) is 67.2 cm³/mol. The van der Waals surface area contributed by atoms with E-state index in [-0.39, 0.29) is 5.41 Å². The van der Waals surface area contributed by atoms with Gasteiger partial charge in [-0.25, -0.2) is 0 Å². The van der Waals surface area contributed by atoms with Crippen LogP contribution in [0.15, 0.2) is 12.2 Å². The van der Waals surface area contributed by atoms with Crippen molar-refractivity contribution in [2.45, 2.75) is 53.4 Å². The smallest absolute Gasteiger partial charge is 0.159 e. The molecule has 0 aromatic heterocycles. The Morgan fingerprint density at radius 2 is 1.88 bits per heavy atom. The number of ketones is 1. The molecule has 1 nitrogen and oxygen atoms in total. The topological polar surface area (TPSA) is 17.1 Å². The van der Waals surface area contributed by atoms with E-state index in [1.54, 1.807) is 0 Å². The lowest BCUT2D eigenvalue weighted by Gasteiger charge is -2.48. The lowest BCUT2D eigenvalue weighted by Crippen LogP contribution is -2.39. The highest BCUT2D eigenvalue weighted by atomic mass is 16.1. The zero-order valence-corrected chi connectivity index (χ0v) is 11.1. The molecule has 2 aliphatic rings. The molecule has 2 unspecified atom stereocenters. The average molecular weight is 220 g/mol. The van der Waals surface area contributed by atoms with Gasteiger partial charge in [-0.05, 0) is 42.1 Å². The molecule has 0 heterocycles. The van der Waals surface area contributed by atoms with Crippen LogP contribution in [0.2, 0.25) is 0 Å². The van der Waals surface area contributed by atoms with Gasteiger partial charge in [-0.2, -0.15) is 0 Å². The number of carbonyl (C=O) groups is 1. The number of hydrogen-bond donors (Lipinski definition) is 0. The van der Waals surface area contributed by atoms with Crippen molar-refractivity contribution in [1.29, 1.82) is 0 Å². The summed E-state index contributed by atoms with van der Waals surface area (Å²) in [5.74, 6) is 1.53. The largest absolute Gasteiger partial charge is 0.295 e. The Labute approximate surface area is 99.3 Å². The molecule has 0 saturated heterocycles. The first-order chi connectivity index (χ1) is 7.27. The minimum Gasteiger partial charge on any atom is -0.295 e. The van der Waals surface area contributed by atoms with E-state index in [2.05, 4.69) is 34.3 Å². The Kier molecular flexibility index (Phi) is 2.56. The Balaban J connectivity index is 2.37. The highest BCUT2D eigenvalue weighted by Gasteiger charge is 2.53. The molecule has 2 saturated carbocycles. The van der Waals surface area contributed by atoms with Crippen LogP contribution in [-0.4, -0.2) is 5.78 Å². The van der Waals surface area contributed by atoms with E-state index in [1.807, 2.05) is 0 Å². The molecule has 0 radical (unpaired) electrons. The SMILES string of the molecule is C=C1C(=O)CC(C)[C@@]12CC(C)CC(C)(C)C2. The third-order valence-electron chi connectivity index (χ3n) is 4.78. The van der Waals surface area contributed by atoms with Crippen LogP contribution in [0.25, 0.3) is 0 Å². The molecule has 1 heteroatoms. The highest BCUT2D eigenvalue weighted by molar-refractivity contribution is 5.99. The van der Waals surface area contributed by atoms with Crippen LogP contribution in [0.3, 0.4) is 0 Å². The molecule has 2 fully saturated rings. The third-order valence-corrected chi connectivity index (χ3v) is 4.78. The van der Waals surface area contributed by atoms with E-state index in [9.17, 15) is 4.79 Å². The summed E-state index contributed by atoms with van der Waals surface area (Å²) in [7, 11) is 0. The van der Waals surface area contributed by atoms with E-state index in [1.165, 1.54) is 12.8 Å². The molecule has 2 rings (SSSR count). The summed E-state index contributed by atoms with van der Waals surface area (Å²) in [6.45, 7) is 13.4. The second-order valence-electron chi connectivity index (χ2n) is 7.02. The van der Waals surface area contributed by atoms with Crippen LogP contribution >= 0.6 is 0 Å². The third kappa shape index (κ3) is 1.65. The van der Waals surface area contributed by atoms with E-state index >= 15 is 0 Å². The second kappa shape index (κ2) is 3.45. The Morgan fingerprint density at radius 3 is 2.31 bits per heavy atom. The van der Waals surface area contributed by atoms with E-state index in [0.717, 1.165) is 18.4 Å². The average Bonchev–Trinajstić information content (AvgIpc) is 2.28. The predicted octanol–water partition coefficient (Wildman–Crippen LogP) is 3.98. The summed E-state index contributed by atoms with van der Waals surface area (Å²) >= 11 is 0. The molecule has 0 bridgehead atoms. The summed E-state index contributed by atoms with van der Waals surface area (Å²) in [6, 6.07) is 0. The van der Waals surface area contributed by atoms with Gasteiger partial charge in [0.25, 0.3) is 0 Å². The Hall–Kier alpha value is -0.590. The molecular weight excluding hydrogens is 196 g/mol.